The Morgan fingerprint density at radius 3 is 2.35 bits per heavy atom. The fraction of sp³-hybridized carbons (Fsp3) is 0.182. The van der Waals surface area contributed by atoms with Gasteiger partial charge in [0, 0.05) is 32.0 Å². The Morgan fingerprint density at radius 2 is 1.65 bits per heavy atom. The van der Waals surface area contributed by atoms with Crippen LogP contribution < -0.4 is 4.40 Å². The molecule has 3 aromatic heterocycles. The number of halogens is 1. The summed E-state index contributed by atoms with van der Waals surface area (Å²) in [7, 11) is 0. The van der Waals surface area contributed by atoms with Crippen molar-refractivity contribution < 1.29 is 30.3 Å². The molecule has 0 unspecified atom stereocenters. The fourth-order valence-corrected chi connectivity index (χ4v) is 9.87. The van der Waals surface area contributed by atoms with Crippen molar-refractivity contribution in [3.05, 3.63) is 139 Å². The number of rotatable bonds is 6. The summed E-state index contributed by atoms with van der Waals surface area (Å²) in [6.45, 7) is 6.81. The third-order valence-electron chi connectivity index (χ3n) is 9.04. The summed E-state index contributed by atoms with van der Waals surface area (Å²) in [6, 6.07) is 41.2. The van der Waals surface area contributed by atoms with Crippen LogP contribution in [0.2, 0.25) is 17.3 Å². The van der Waals surface area contributed by atoms with E-state index in [-0.39, 0.29) is 25.9 Å². The predicted octanol–water partition coefficient (Wildman–Crippen LogP) is 11.4. The SMILES string of the molecule is CCn1c(-c2[c-]cc(-c3ccc(F)cc3)c3c2oc2ccccc23)nc2ccccc21.[2H]C(C)(C)c1cc(-c2[c-]cccc2)nc[c]1[Ge]([CH3])([CH3])[CH3].[Ir]. The van der Waals surface area contributed by atoms with E-state index in [9.17, 15) is 4.39 Å². The average molecular weight is 912 g/mol. The van der Waals surface area contributed by atoms with Crippen molar-refractivity contribution in [2.75, 3.05) is 0 Å². The molecule has 0 atom stereocenters. The summed E-state index contributed by atoms with van der Waals surface area (Å²) in [4.78, 5) is 9.53. The molecule has 0 aliphatic heterocycles. The summed E-state index contributed by atoms with van der Waals surface area (Å²) in [6.07, 6.45) is 2.00. The maximum absolute atomic E-state index is 13.5. The number of benzene rings is 5. The molecule has 0 spiro atoms. The van der Waals surface area contributed by atoms with Gasteiger partial charge in [-0.05, 0) is 42.6 Å². The van der Waals surface area contributed by atoms with Crippen LogP contribution >= 0.6 is 0 Å². The van der Waals surface area contributed by atoms with E-state index in [0.717, 1.165) is 78.9 Å². The van der Waals surface area contributed by atoms with Crippen molar-refractivity contribution in [2.45, 2.75) is 50.5 Å². The van der Waals surface area contributed by atoms with Gasteiger partial charge in [0.1, 0.15) is 11.4 Å². The van der Waals surface area contributed by atoms with Crippen molar-refractivity contribution in [1.29, 1.82) is 0 Å². The molecule has 0 N–H and O–H groups in total. The minimum Gasteiger partial charge on any atom is 0 e. The van der Waals surface area contributed by atoms with Crippen LogP contribution in [0.5, 0.6) is 0 Å². The van der Waals surface area contributed by atoms with Gasteiger partial charge in [0.15, 0.2) is 0 Å². The zero-order chi connectivity index (χ0) is 35.9. The molecule has 51 heavy (non-hydrogen) atoms. The van der Waals surface area contributed by atoms with Gasteiger partial charge in [0.25, 0.3) is 0 Å². The molecule has 4 nitrogen and oxygen atoms in total. The number of fused-ring (bicyclic) bond motifs is 4. The normalized spacial score (nSPS) is 12.0. The van der Waals surface area contributed by atoms with Crippen LogP contribution in [0, 0.1) is 17.9 Å². The minimum atomic E-state index is -2.03. The minimum absolute atomic E-state index is 0. The van der Waals surface area contributed by atoms with Crippen molar-refractivity contribution in [3.8, 4) is 33.8 Å². The Kier molecular flexibility index (Phi) is 10.4. The zero-order valence-corrected chi connectivity index (χ0v) is 34.1. The van der Waals surface area contributed by atoms with Gasteiger partial charge >= 0.3 is 120 Å². The Hall–Kier alpha value is -4.36. The van der Waals surface area contributed by atoms with Gasteiger partial charge in [-0.1, -0.05) is 59.2 Å². The van der Waals surface area contributed by atoms with Crippen molar-refractivity contribution >= 4 is 50.6 Å². The van der Waals surface area contributed by atoms with Gasteiger partial charge < -0.3 is 8.98 Å². The number of aryl methyl sites for hydroxylation is 1. The summed E-state index contributed by atoms with van der Waals surface area (Å²) in [5.74, 6) is 7.02. The summed E-state index contributed by atoms with van der Waals surface area (Å²) >= 11 is -2.03. The molecule has 3 heterocycles. The molecular weight excluding hydrogens is 870 g/mol. The Labute approximate surface area is 316 Å². The monoisotopic (exact) mass is 913 g/mol. The van der Waals surface area contributed by atoms with Gasteiger partial charge in [0.05, 0.1) is 22.4 Å². The van der Waals surface area contributed by atoms with E-state index in [0.29, 0.717) is 0 Å². The van der Waals surface area contributed by atoms with E-state index < -0.39 is 19.2 Å². The van der Waals surface area contributed by atoms with Crippen LogP contribution in [-0.4, -0.2) is 27.8 Å². The topological polar surface area (TPSA) is 43.9 Å². The van der Waals surface area contributed by atoms with E-state index in [1.165, 1.54) is 16.5 Å². The van der Waals surface area contributed by atoms with Crippen LogP contribution in [0.1, 0.15) is 33.6 Å². The van der Waals surface area contributed by atoms with Gasteiger partial charge in [-0.25, -0.2) is 4.39 Å². The first-order valence-corrected chi connectivity index (χ1v) is 24.3. The van der Waals surface area contributed by atoms with E-state index in [1.54, 1.807) is 12.1 Å². The molecule has 0 fully saturated rings. The molecule has 0 saturated heterocycles. The fourth-order valence-electron chi connectivity index (χ4n) is 6.55. The largest absolute Gasteiger partial charge is 0 e. The van der Waals surface area contributed by atoms with Crippen LogP contribution in [-0.2, 0) is 26.7 Å². The number of furan rings is 1. The van der Waals surface area contributed by atoms with Gasteiger partial charge in [-0.15, -0.1) is 12.1 Å². The molecule has 7 heteroatoms. The van der Waals surface area contributed by atoms with E-state index in [4.69, 9.17) is 10.8 Å². The number of hydrogen-bond donors (Lipinski definition) is 0. The summed E-state index contributed by atoms with van der Waals surface area (Å²) in [5.41, 5.74) is 9.31. The number of aromatic nitrogens is 3. The van der Waals surface area contributed by atoms with Crippen LogP contribution in [0.4, 0.5) is 4.39 Å². The number of pyridine rings is 1. The average Bonchev–Trinajstić information content (AvgIpc) is 3.70. The first-order valence-electron chi connectivity index (χ1n) is 17.5. The molecule has 5 aromatic carbocycles. The molecule has 0 saturated carbocycles. The van der Waals surface area contributed by atoms with E-state index in [2.05, 4.69) is 64.1 Å². The quantitative estimate of drug-likeness (QED) is 0.123. The van der Waals surface area contributed by atoms with E-state index in [1.807, 2.05) is 86.8 Å². The maximum Gasteiger partial charge on any atom is 0 e. The van der Waals surface area contributed by atoms with Crippen molar-refractivity contribution in [3.63, 3.8) is 0 Å². The van der Waals surface area contributed by atoms with Gasteiger partial charge in [-0.2, -0.15) is 0 Å². The second-order valence-electron chi connectivity index (χ2n) is 13.7. The van der Waals surface area contributed by atoms with Crippen molar-refractivity contribution in [1.82, 2.24) is 14.5 Å². The third kappa shape index (κ3) is 7.23. The molecule has 0 amide bonds. The first-order chi connectivity index (χ1) is 24.4. The molecule has 1 radical (unpaired) electrons. The molecular formula is C44H40FGeIrN3O-2. The van der Waals surface area contributed by atoms with Gasteiger partial charge in [-0.3, -0.25) is 4.98 Å². The Bertz CT molecular complexity index is 2500. The molecule has 8 rings (SSSR count). The van der Waals surface area contributed by atoms with Crippen molar-refractivity contribution in [2.24, 2.45) is 0 Å². The maximum atomic E-state index is 13.5. The Morgan fingerprint density at radius 1 is 0.922 bits per heavy atom. The van der Waals surface area contributed by atoms with Crippen LogP contribution in [0.25, 0.3) is 66.7 Å². The number of imidazole rings is 1. The third-order valence-corrected chi connectivity index (χ3v) is 13.3. The van der Waals surface area contributed by atoms with Gasteiger partial charge in [0.2, 0.25) is 0 Å². The predicted molar refractivity (Wildman–Crippen MR) is 208 cm³/mol. The standard InChI is InChI=1S/C27H18FN2O.C17H22GeN.Ir/c1-2-30-23-9-5-4-8-22(23)29-27(30)21-16-15-19(17-11-13-18(28)14-12-17)25-20-7-3-6-10-24(20)31-26(21)25;1-13(2)15-11-17(14-9-7-6-8-10-14)19-12-16(15)18(3,4)5;/h3-15H,2H2,1H3;6-9,11-13H,1-5H3;/q2*-1;/i;13D;. The molecule has 0 bridgehead atoms. The molecule has 259 valence electrons. The van der Waals surface area contributed by atoms with Crippen LogP contribution in [0.15, 0.2) is 120 Å². The second-order valence-corrected chi connectivity index (χ2v) is 24.3. The zero-order valence-electron chi connectivity index (χ0n) is 30.6. The molecule has 0 aliphatic rings. The number of para-hydroxylation sites is 3. The second kappa shape index (κ2) is 15.1. The summed E-state index contributed by atoms with van der Waals surface area (Å²) in [5, 5.41) is 2.01. The van der Waals surface area contributed by atoms with Crippen LogP contribution in [0.3, 0.4) is 0 Å². The number of hydrogen-bond acceptors (Lipinski definition) is 3. The Balaban J connectivity index is 0.000000193. The molecule has 8 aromatic rings. The summed E-state index contributed by atoms with van der Waals surface area (Å²) < 4.78 is 31.9. The number of nitrogens with zero attached hydrogens (tertiary/aromatic N) is 3. The van der Waals surface area contributed by atoms with E-state index >= 15 is 0 Å². The smallest absolute Gasteiger partial charge is 0 e. The molecule has 0 aliphatic carbocycles. The first kappa shape index (κ1) is 35.1.